The van der Waals surface area contributed by atoms with Crippen LogP contribution in [-0.4, -0.2) is 66.2 Å². The third-order valence-electron chi connectivity index (χ3n) is 3.64. The van der Waals surface area contributed by atoms with Crippen LogP contribution >= 0.6 is 11.3 Å². The number of carbonyl (C=O) groups is 2. The molecule has 2 rings (SSSR count). The summed E-state index contributed by atoms with van der Waals surface area (Å²) in [5.74, 6) is -0.850. The zero-order valence-electron chi connectivity index (χ0n) is 12.2. The molecule has 1 aliphatic rings. The Bertz CT molecular complexity index is 509. The van der Waals surface area contributed by atoms with Crippen LogP contribution in [-0.2, 0) is 16.1 Å². The first kappa shape index (κ1) is 15.9. The minimum absolute atomic E-state index is 0.0291. The van der Waals surface area contributed by atoms with Crippen molar-refractivity contribution < 1.29 is 19.4 Å². The van der Waals surface area contributed by atoms with Gasteiger partial charge in [-0.15, -0.1) is 11.3 Å². The highest BCUT2D eigenvalue weighted by Gasteiger charge is 2.25. The van der Waals surface area contributed by atoms with E-state index in [2.05, 4.69) is 4.90 Å². The van der Waals surface area contributed by atoms with E-state index >= 15 is 0 Å². The summed E-state index contributed by atoms with van der Waals surface area (Å²) in [5, 5.41) is 8.92. The number of thiophene rings is 1. The maximum atomic E-state index is 12.0. The number of amides is 1. The highest BCUT2D eigenvalue weighted by molar-refractivity contribution is 7.13. The second-order valence-electron chi connectivity index (χ2n) is 5.05. The van der Waals surface area contributed by atoms with Gasteiger partial charge in [0.05, 0.1) is 0 Å². The van der Waals surface area contributed by atoms with E-state index in [1.54, 1.807) is 13.0 Å². The van der Waals surface area contributed by atoms with Crippen molar-refractivity contribution in [2.45, 2.75) is 19.6 Å². The van der Waals surface area contributed by atoms with Gasteiger partial charge in [0.25, 0.3) is 5.91 Å². The van der Waals surface area contributed by atoms with Gasteiger partial charge in [-0.2, -0.15) is 0 Å². The van der Waals surface area contributed by atoms with E-state index in [4.69, 9.17) is 9.84 Å². The molecule has 0 unspecified atom stereocenters. The number of nitrogens with zero attached hydrogens (tertiary/aromatic N) is 2. The highest BCUT2D eigenvalue weighted by Crippen LogP contribution is 2.19. The van der Waals surface area contributed by atoms with E-state index in [9.17, 15) is 9.59 Å². The first-order valence-corrected chi connectivity index (χ1v) is 7.69. The number of hydrogen-bond acceptors (Lipinski definition) is 5. The lowest BCUT2D eigenvalue weighted by atomic mass is 10.2. The van der Waals surface area contributed by atoms with E-state index in [0.717, 1.165) is 24.5 Å². The molecule has 0 aliphatic carbocycles. The van der Waals surface area contributed by atoms with Crippen molar-refractivity contribution in [2.24, 2.45) is 0 Å². The van der Waals surface area contributed by atoms with Crippen LogP contribution in [0, 0.1) is 0 Å². The predicted octanol–water partition coefficient (Wildman–Crippen LogP) is 1.13. The first-order valence-electron chi connectivity index (χ1n) is 6.87. The fourth-order valence-corrected chi connectivity index (χ4v) is 3.17. The van der Waals surface area contributed by atoms with E-state index in [-0.39, 0.29) is 5.91 Å². The Morgan fingerprint density at radius 1 is 1.33 bits per heavy atom. The molecule has 1 amide bonds. The van der Waals surface area contributed by atoms with Crippen molar-refractivity contribution >= 4 is 23.2 Å². The minimum Gasteiger partial charge on any atom is -0.477 e. The maximum Gasteiger partial charge on any atom is 0.345 e. The predicted molar refractivity (Wildman–Crippen MR) is 79.6 cm³/mol. The molecule has 1 fully saturated rings. The second kappa shape index (κ2) is 7.02. The van der Waals surface area contributed by atoms with Crippen molar-refractivity contribution in [3.63, 3.8) is 0 Å². The first-order chi connectivity index (χ1) is 10.0. The summed E-state index contributed by atoms with van der Waals surface area (Å²) in [4.78, 5) is 28.3. The van der Waals surface area contributed by atoms with Gasteiger partial charge in [-0.05, 0) is 19.1 Å². The SMILES string of the molecule is CO[C@H](C)C(=O)N1CCN(Cc2ccc(C(=O)O)s2)CC1. The average Bonchev–Trinajstić information content (AvgIpc) is 2.95. The molecule has 1 aromatic heterocycles. The molecule has 0 radical (unpaired) electrons. The molecule has 7 heteroatoms. The molecular weight excluding hydrogens is 292 g/mol. The quantitative estimate of drug-likeness (QED) is 0.882. The molecule has 6 nitrogen and oxygen atoms in total. The highest BCUT2D eigenvalue weighted by atomic mass is 32.1. The molecule has 21 heavy (non-hydrogen) atoms. The molecule has 1 aliphatic heterocycles. The van der Waals surface area contributed by atoms with Crippen molar-refractivity contribution in [2.75, 3.05) is 33.3 Å². The normalized spacial score (nSPS) is 17.7. The largest absolute Gasteiger partial charge is 0.477 e. The number of ether oxygens (including phenoxy) is 1. The topological polar surface area (TPSA) is 70.1 Å². The third-order valence-corrected chi connectivity index (χ3v) is 4.70. The number of rotatable bonds is 5. The lowest BCUT2D eigenvalue weighted by Crippen LogP contribution is -2.50. The summed E-state index contributed by atoms with van der Waals surface area (Å²) in [5.41, 5.74) is 0. The number of methoxy groups -OCH3 is 1. The van der Waals surface area contributed by atoms with Crippen LogP contribution < -0.4 is 0 Å². The summed E-state index contributed by atoms with van der Waals surface area (Å²) < 4.78 is 5.05. The Kier molecular flexibility index (Phi) is 5.33. The van der Waals surface area contributed by atoms with Crippen molar-refractivity contribution in [1.29, 1.82) is 0 Å². The number of hydrogen-bond donors (Lipinski definition) is 1. The van der Waals surface area contributed by atoms with Crippen molar-refractivity contribution in [3.05, 3.63) is 21.9 Å². The lowest BCUT2D eigenvalue weighted by Gasteiger charge is -2.35. The van der Waals surface area contributed by atoms with Gasteiger partial charge < -0.3 is 14.7 Å². The summed E-state index contributed by atoms with van der Waals surface area (Å²) in [6, 6.07) is 3.50. The van der Waals surface area contributed by atoms with Crippen LogP contribution in [0.4, 0.5) is 0 Å². The molecule has 1 saturated heterocycles. The van der Waals surface area contributed by atoms with E-state index in [1.807, 2.05) is 11.0 Å². The van der Waals surface area contributed by atoms with Crippen molar-refractivity contribution in [1.82, 2.24) is 9.80 Å². The van der Waals surface area contributed by atoms with Gasteiger partial charge in [-0.25, -0.2) is 4.79 Å². The smallest absolute Gasteiger partial charge is 0.345 e. The van der Waals surface area contributed by atoms with E-state index in [1.165, 1.54) is 18.4 Å². The molecule has 2 heterocycles. The van der Waals surface area contributed by atoms with Gasteiger partial charge in [-0.3, -0.25) is 9.69 Å². The summed E-state index contributed by atoms with van der Waals surface area (Å²) in [7, 11) is 1.54. The van der Waals surface area contributed by atoms with Crippen molar-refractivity contribution in [3.8, 4) is 0 Å². The number of piperazine rings is 1. The van der Waals surface area contributed by atoms with E-state index in [0.29, 0.717) is 18.0 Å². The molecule has 0 aromatic carbocycles. The average molecular weight is 312 g/mol. The molecule has 0 bridgehead atoms. The molecule has 1 N–H and O–H groups in total. The zero-order chi connectivity index (χ0) is 15.4. The summed E-state index contributed by atoms with van der Waals surface area (Å²) in [6.07, 6.45) is -0.396. The third kappa shape index (κ3) is 4.03. The van der Waals surface area contributed by atoms with Gasteiger partial charge in [0.15, 0.2) is 0 Å². The van der Waals surface area contributed by atoms with Gasteiger partial charge in [0.1, 0.15) is 11.0 Å². The minimum atomic E-state index is -0.879. The van der Waals surface area contributed by atoms with Crippen LogP contribution in [0.5, 0.6) is 0 Å². The monoisotopic (exact) mass is 312 g/mol. The van der Waals surface area contributed by atoms with Crippen LogP contribution in [0.25, 0.3) is 0 Å². The summed E-state index contributed by atoms with van der Waals surface area (Å²) in [6.45, 7) is 5.45. The molecular formula is C14H20N2O4S. The molecule has 1 aromatic rings. The van der Waals surface area contributed by atoms with Crippen LogP contribution in [0.3, 0.4) is 0 Å². The van der Waals surface area contributed by atoms with Gasteiger partial charge in [0.2, 0.25) is 0 Å². The number of carbonyl (C=O) groups excluding carboxylic acids is 1. The fraction of sp³-hybridized carbons (Fsp3) is 0.571. The zero-order valence-corrected chi connectivity index (χ0v) is 13.1. The number of aromatic carboxylic acids is 1. The standard InChI is InChI=1S/C14H20N2O4S/c1-10(20-2)13(17)16-7-5-15(6-8-16)9-11-3-4-12(21-11)14(18)19/h3-4,10H,5-9H2,1-2H3,(H,18,19)/t10-/m1/s1. The maximum absolute atomic E-state index is 12.0. The van der Waals surface area contributed by atoms with Crippen LogP contribution in [0.2, 0.25) is 0 Å². The Labute approximate surface area is 127 Å². The molecule has 0 saturated carbocycles. The Hall–Kier alpha value is -1.44. The Morgan fingerprint density at radius 2 is 2.00 bits per heavy atom. The molecule has 0 spiro atoms. The van der Waals surface area contributed by atoms with E-state index < -0.39 is 12.1 Å². The Morgan fingerprint density at radius 3 is 2.52 bits per heavy atom. The van der Waals surface area contributed by atoms with Gasteiger partial charge in [-0.1, -0.05) is 0 Å². The Balaban J connectivity index is 1.83. The summed E-state index contributed by atoms with van der Waals surface area (Å²) >= 11 is 1.31. The van der Waals surface area contributed by atoms with Crippen LogP contribution in [0.1, 0.15) is 21.5 Å². The molecule has 116 valence electrons. The number of carboxylic acid groups (broad SMARTS) is 1. The van der Waals surface area contributed by atoms with Gasteiger partial charge in [0, 0.05) is 44.7 Å². The van der Waals surface area contributed by atoms with Gasteiger partial charge >= 0.3 is 5.97 Å². The molecule has 1 atom stereocenters. The fourth-order valence-electron chi connectivity index (χ4n) is 2.28. The van der Waals surface area contributed by atoms with Crippen LogP contribution in [0.15, 0.2) is 12.1 Å². The number of carboxylic acids is 1. The second-order valence-corrected chi connectivity index (χ2v) is 6.22. The lowest BCUT2D eigenvalue weighted by molar-refractivity contribution is -0.142.